The van der Waals surface area contributed by atoms with E-state index in [1.807, 2.05) is 0 Å². The minimum Gasteiger partial charge on any atom is -0.258 e. The van der Waals surface area contributed by atoms with E-state index in [2.05, 4.69) is 15.9 Å². The lowest BCUT2D eigenvalue weighted by Crippen LogP contribution is -1.97. The molecule has 0 atom stereocenters. The Hall–Kier alpha value is -1.04. The standard InChI is InChI=1S/C7H4BrF2NO2/c1-3-5(11(12)13)2-4(9)7(10)6(3)8/h2H,1H3. The smallest absolute Gasteiger partial charge is 0.258 e. The fourth-order valence-corrected chi connectivity index (χ4v) is 1.26. The first-order chi connectivity index (χ1) is 5.95. The summed E-state index contributed by atoms with van der Waals surface area (Å²) < 4.78 is 25.3. The predicted molar refractivity (Wildman–Crippen MR) is 45.4 cm³/mol. The highest BCUT2D eigenvalue weighted by Crippen LogP contribution is 2.30. The Bertz CT molecular complexity index is 381. The fourth-order valence-electron chi connectivity index (χ4n) is 0.863. The van der Waals surface area contributed by atoms with Crippen molar-refractivity contribution in [2.24, 2.45) is 0 Å². The van der Waals surface area contributed by atoms with Crippen molar-refractivity contribution in [3.63, 3.8) is 0 Å². The molecule has 1 aromatic rings. The highest BCUT2D eigenvalue weighted by atomic mass is 79.9. The van der Waals surface area contributed by atoms with E-state index in [4.69, 9.17) is 0 Å². The van der Waals surface area contributed by atoms with Gasteiger partial charge >= 0.3 is 0 Å². The van der Waals surface area contributed by atoms with Crippen molar-refractivity contribution in [3.8, 4) is 0 Å². The normalized spacial score (nSPS) is 10.2. The second-order valence-electron chi connectivity index (χ2n) is 2.39. The molecule has 0 aliphatic heterocycles. The van der Waals surface area contributed by atoms with Gasteiger partial charge in [-0.2, -0.15) is 0 Å². The Morgan fingerprint density at radius 3 is 2.54 bits per heavy atom. The van der Waals surface area contributed by atoms with Crippen LogP contribution in [0, 0.1) is 28.7 Å². The van der Waals surface area contributed by atoms with Crippen LogP contribution >= 0.6 is 15.9 Å². The third-order valence-corrected chi connectivity index (χ3v) is 2.52. The summed E-state index contributed by atoms with van der Waals surface area (Å²) in [7, 11) is 0. The number of nitrogens with zero attached hydrogens (tertiary/aromatic N) is 1. The zero-order valence-electron chi connectivity index (χ0n) is 6.47. The summed E-state index contributed by atoms with van der Waals surface area (Å²) in [6.45, 7) is 1.34. The Morgan fingerprint density at radius 2 is 2.08 bits per heavy atom. The summed E-state index contributed by atoms with van der Waals surface area (Å²) in [6.07, 6.45) is 0. The molecular formula is C7H4BrF2NO2. The van der Waals surface area contributed by atoms with Crippen LogP contribution in [0.25, 0.3) is 0 Å². The maximum atomic E-state index is 12.8. The zero-order valence-corrected chi connectivity index (χ0v) is 8.06. The van der Waals surface area contributed by atoms with Crippen LogP contribution in [-0.4, -0.2) is 4.92 Å². The second kappa shape index (κ2) is 3.37. The summed E-state index contributed by atoms with van der Waals surface area (Å²) in [5.74, 6) is -2.34. The SMILES string of the molecule is Cc1c([N+](=O)[O-])cc(F)c(F)c1Br. The van der Waals surface area contributed by atoms with Crippen molar-refractivity contribution < 1.29 is 13.7 Å². The molecule has 0 saturated carbocycles. The first-order valence-electron chi connectivity index (χ1n) is 3.23. The van der Waals surface area contributed by atoms with Gasteiger partial charge in [-0.1, -0.05) is 0 Å². The summed E-state index contributed by atoms with van der Waals surface area (Å²) >= 11 is 2.73. The van der Waals surface area contributed by atoms with Gasteiger partial charge < -0.3 is 0 Å². The van der Waals surface area contributed by atoms with E-state index >= 15 is 0 Å². The number of nitro benzene ring substituents is 1. The van der Waals surface area contributed by atoms with Crippen molar-refractivity contribution in [1.29, 1.82) is 0 Å². The lowest BCUT2D eigenvalue weighted by Gasteiger charge is -2.01. The first-order valence-corrected chi connectivity index (χ1v) is 4.03. The number of hydrogen-bond acceptors (Lipinski definition) is 2. The molecule has 0 radical (unpaired) electrons. The van der Waals surface area contributed by atoms with E-state index in [0.717, 1.165) is 0 Å². The molecular weight excluding hydrogens is 248 g/mol. The molecule has 0 saturated heterocycles. The molecule has 0 N–H and O–H groups in total. The quantitative estimate of drug-likeness (QED) is 0.438. The van der Waals surface area contributed by atoms with Crippen molar-refractivity contribution in [2.45, 2.75) is 6.92 Å². The van der Waals surface area contributed by atoms with Crippen molar-refractivity contribution in [3.05, 3.63) is 37.9 Å². The Labute approximate surface area is 80.6 Å². The van der Waals surface area contributed by atoms with E-state index in [1.165, 1.54) is 6.92 Å². The highest BCUT2D eigenvalue weighted by Gasteiger charge is 2.20. The zero-order chi connectivity index (χ0) is 10.2. The monoisotopic (exact) mass is 251 g/mol. The van der Waals surface area contributed by atoms with Crippen molar-refractivity contribution in [2.75, 3.05) is 0 Å². The van der Waals surface area contributed by atoms with Crippen LogP contribution in [0.5, 0.6) is 0 Å². The topological polar surface area (TPSA) is 43.1 Å². The molecule has 1 rings (SSSR count). The predicted octanol–water partition coefficient (Wildman–Crippen LogP) is 2.94. The van der Waals surface area contributed by atoms with Gasteiger partial charge in [-0.05, 0) is 22.9 Å². The Morgan fingerprint density at radius 1 is 1.54 bits per heavy atom. The second-order valence-corrected chi connectivity index (χ2v) is 3.18. The van der Waals surface area contributed by atoms with E-state index < -0.39 is 22.2 Å². The van der Waals surface area contributed by atoms with Gasteiger partial charge in [0.15, 0.2) is 11.6 Å². The molecule has 13 heavy (non-hydrogen) atoms. The minimum atomic E-state index is -1.23. The van der Waals surface area contributed by atoms with Crippen LogP contribution in [0.15, 0.2) is 10.5 Å². The summed E-state index contributed by atoms with van der Waals surface area (Å²) in [6, 6.07) is 0.565. The molecule has 1 aromatic carbocycles. The van der Waals surface area contributed by atoms with Crippen molar-refractivity contribution in [1.82, 2.24) is 0 Å². The summed E-state index contributed by atoms with van der Waals surface area (Å²) in [5.41, 5.74) is -0.366. The van der Waals surface area contributed by atoms with Crippen LogP contribution in [0.3, 0.4) is 0 Å². The van der Waals surface area contributed by atoms with Crippen LogP contribution in [0.4, 0.5) is 14.5 Å². The molecule has 0 heterocycles. The van der Waals surface area contributed by atoms with Crippen LogP contribution < -0.4 is 0 Å². The van der Waals surface area contributed by atoms with E-state index in [9.17, 15) is 18.9 Å². The maximum absolute atomic E-state index is 12.8. The van der Waals surface area contributed by atoms with Gasteiger partial charge in [-0.25, -0.2) is 8.78 Å². The number of halogens is 3. The largest absolute Gasteiger partial charge is 0.276 e. The molecule has 70 valence electrons. The molecule has 3 nitrogen and oxygen atoms in total. The molecule has 0 aliphatic rings. The molecule has 6 heteroatoms. The van der Waals surface area contributed by atoms with Gasteiger partial charge in [0, 0.05) is 5.56 Å². The first kappa shape index (κ1) is 10.0. The number of rotatable bonds is 1. The van der Waals surface area contributed by atoms with E-state index in [0.29, 0.717) is 6.07 Å². The summed E-state index contributed by atoms with van der Waals surface area (Å²) in [5, 5.41) is 10.3. The van der Waals surface area contributed by atoms with Gasteiger partial charge in [0.1, 0.15) is 0 Å². The summed E-state index contributed by atoms with van der Waals surface area (Å²) in [4.78, 5) is 9.57. The third-order valence-electron chi connectivity index (χ3n) is 1.58. The lowest BCUT2D eigenvalue weighted by atomic mass is 10.2. The van der Waals surface area contributed by atoms with Gasteiger partial charge in [0.2, 0.25) is 0 Å². The number of benzene rings is 1. The molecule has 0 unspecified atom stereocenters. The fraction of sp³-hybridized carbons (Fsp3) is 0.143. The molecule has 0 bridgehead atoms. The van der Waals surface area contributed by atoms with Crippen molar-refractivity contribution >= 4 is 21.6 Å². The minimum absolute atomic E-state index is 0.0731. The van der Waals surface area contributed by atoms with Gasteiger partial charge in [-0.3, -0.25) is 10.1 Å². The van der Waals surface area contributed by atoms with Crippen LogP contribution in [-0.2, 0) is 0 Å². The number of hydrogen-bond donors (Lipinski definition) is 0. The third kappa shape index (κ3) is 1.67. The molecule has 0 spiro atoms. The lowest BCUT2D eigenvalue weighted by molar-refractivity contribution is -0.385. The average Bonchev–Trinajstić information content (AvgIpc) is 2.07. The van der Waals surface area contributed by atoms with Gasteiger partial charge in [-0.15, -0.1) is 0 Å². The van der Waals surface area contributed by atoms with Crippen LogP contribution in [0.2, 0.25) is 0 Å². The average molecular weight is 252 g/mol. The Balaban J connectivity index is 3.50. The molecule has 0 amide bonds. The van der Waals surface area contributed by atoms with Gasteiger partial charge in [0.05, 0.1) is 15.5 Å². The van der Waals surface area contributed by atoms with Gasteiger partial charge in [0.25, 0.3) is 5.69 Å². The molecule has 0 aliphatic carbocycles. The highest BCUT2D eigenvalue weighted by molar-refractivity contribution is 9.10. The Kier molecular flexibility index (Phi) is 2.60. The number of nitro groups is 1. The maximum Gasteiger partial charge on any atom is 0.276 e. The molecule has 0 aromatic heterocycles. The van der Waals surface area contributed by atoms with E-state index in [1.54, 1.807) is 0 Å². The van der Waals surface area contributed by atoms with Crippen LogP contribution in [0.1, 0.15) is 5.56 Å². The molecule has 0 fully saturated rings. The van der Waals surface area contributed by atoms with E-state index in [-0.39, 0.29) is 10.0 Å².